The minimum Gasteiger partial charge on any atom is -0.394 e. The summed E-state index contributed by atoms with van der Waals surface area (Å²) < 4.78 is 7.03. The summed E-state index contributed by atoms with van der Waals surface area (Å²) in [7, 11) is 1.67. The third-order valence-corrected chi connectivity index (χ3v) is 4.89. The number of aliphatic hydroxyl groups is 4. The van der Waals surface area contributed by atoms with Crippen molar-refractivity contribution in [1.29, 1.82) is 0 Å². The van der Waals surface area contributed by atoms with Gasteiger partial charge in [-0.3, -0.25) is 4.57 Å². The van der Waals surface area contributed by atoms with E-state index in [-0.39, 0.29) is 5.82 Å². The smallest absolute Gasteiger partial charge is 0.209 e. The first-order valence-corrected chi connectivity index (χ1v) is 9.32. The SMILES string of the molecule is CNc1nc(C#C[C@@H](O)c2ccccc2)nc2c1ncn2[C@@H]1O[C@H](CO)[C@@H](O)[C@H]1O. The van der Waals surface area contributed by atoms with E-state index >= 15 is 0 Å². The summed E-state index contributed by atoms with van der Waals surface area (Å²) >= 11 is 0. The van der Waals surface area contributed by atoms with Gasteiger partial charge < -0.3 is 30.5 Å². The lowest BCUT2D eigenvalue weighted by molar-refractivity contribution is -0.0511. The molecule has 1 aromatic carbocycles. The van der Waals surface area contributed by atoms with Crippen LogP contribution in [-0.2, 0) is 4.74 Å². The topological polar surface area (TPSA) is 146 Å². The van der Waals surface area contributed by atoms with E-state index in [2.05, 4.69) is 32.1 Å². The highest BCUT2D eigenvalue weighted by Gasteiger charge is 2.44. The lowest BCUT2D eigenvalue weighted by Gasteiger charge is -2.16. The van der Waals surface area contributed by atoms with E-state index in [4.69, 9.17) is 4.74 Å². The fourth-order valence-corrected chi connectivity index (χ4v) is 3.29. The fourth-order valence-electron chi connectivity index (χ4n) is 3.29. The van der Waals surface area contributed by atoms with Crippen molar-refractivity contribution < 1.29 is 25.2 Å². The van der Waals surface area contributed by atoms with E-state index in [0.29, 0.717) is 22.5 Å². The first-order valence-electron chi connectivity index (χ1n) is 9.32. The molecule has 10 nitrogen and oxygen atoms in total. The van der Waals surface area contributed by atoms with Crippen LogP contribution in [0.2, 0.25) is 0 Å². The van der Waals surface area contributed by atoms with Gasteiger partial charge in [-0.2, -0.15) is 0 Å². The molecule has 0 radical (unpaired) electrons. The third kappa shape index (κ3) is 3.60. The zero-order valence-corrected chi connectivity index (χ0v) is 16.0. The van der Waals surface area contributed by atoms with Crippen LogP contribution in [0.1, 0.15) is 23.7 Å². The standard InChI is InChI=1S/C20H21N5O5/c1-21-18-15-19(25(10-22-15)20-17(29)16(28)13(9-26)30-20)24-14(23-18)8-7-12(27)11-5-3-2-4-6-11/h2-6,10,12-13,16-17,20,26-29H,9H2,1H3,(H,21,23,24)/t12-,13-,16-,17-,20-/m1/s1. The molecule has 0 bridgehead atoms. The molecule has 5 atom stereocenters. The van der Waals surface area contributed by atoms with Gasteiger partial charge in [0.15, 0.2) is 23.2 Å². The number of hydrogen-bond donors (Lipinski definition) is 5. The summed E-state index contributed by atoms with van der Waals surface area (Å²) in [5.41, 5.74) is 1.39. The van der Waals surface area contributed by atoms with Crippen LogP contribution >= 0.6 is 0 Å². The summed E-state index contributed by atoms with van der Waals surface area (Å²) in [6.45, 7) is -0.438. The van der Waals surface area contributed by atoms with E-state index in [1.807, 2.05) is 6.07 Å². The number of nitrogens with one attached hydrogen (secondary N) is 1. The highest BCUT2D eigenvalue weighted by atomic mass is 16.6. The molecule has 5 N–H and O–H groups in total. The minimum absolute atomic E-state index is 0.135. The van der Waals surface area contributed by atoms with Gasteiger partial charge in [0.25, 0.3) is 0 Å². The van der Waals surface area contributed by atoms with Crippen LogP contribution in [0.4, 0.5) is 5.82 Å². The predicted octanol–water partition coefficient (Wildman–Crippen LogP) is -0.435. The average molecular weight is 411 g/mol. The lowest BCUT2D eigenvalue weighted by Crippen LogP contribution is -2.33. The van der Waals surface area contributed by atoms with Gasteiger partial charge in [0.2, 0.25) is 5.82 Å². The lowest BCUT2D eigenvalue weighted by atomic mass is 10.1. The van der Waals surface area contributed by atoms with Crippen LogP contribution in [-0.4, -0.2) is 71.9 Å². The molecule has 3 heterocycles. The normalized spacial score (nSPS) is 24.4. The molecular formula is C20H21N5O5. The Kier molecular flexibility index (Phi) is 5.63. The molecule has 0 unspecified atom stereocenters. The Hall–Kier alpha value is -3.07. The molecule has 30 heavy (non-hydrogen) atoms. The Morgan fingerprint density at radius 2 is 1.97 bits per heavy atom. The van der Waals surface area contributed by atoms with Gasteiger partial charge in [0.05, 0.1) is 12.9 Å². The number of rotatable bonds is 4. The molecule has 1 fully saturated rings. The van der Waals surface area contributed by atoms with Crippen molar-refractivity contribution in [3.8, 4) is 11.8 Å². The zero-order chi connectivity index (χ0) is 21.3. The van der Waals surface area contributed by atoms with E-state index < -0.39 is 37.3 Å². The summed E-state index contributed by atoms with van der Waals surface area (Å²) in [5, 5.41) is 42.9. The molecular weight excluding hydrogens is 390 g/mol. The second-order valence-corrected chi connectivity index (χ2v) is 6.78. The molecule has 0 spiro atoms. The van der Waals surface area contributed by atoms with Gasteiger partial charge in [-0.05, 0) is 11.5 Å². The van der Waals surface area contributed by atoms with Crippen molar-refractivity contribution in [3.05, 3.63) is 48.0 Å². The second kappa shape index (κ2) is 8.35. The van der Waals surface area contributed by atoms with Crippen molar-refractivity contribution in [2.45, 2.75) is 30.6 Å². The Bertz CT molecular complexity index is 1090. The maximum atomic E-state index is 10.3. The van der Waals surface area contributed by atoms with Gasteiger partial charge in [-0.25, -0.2) is 15.0 Å². The van der Waals surface area contributed by atoms with Crippen LogP contribution in [0.5, 0.6) is 0 Å². The van der Waals surface area contributed by atoms with Gasteiger partial charge in [0, 0.05) is 7.05 Å². The Balaban J connectivity index is 1.72. The summed E-state index contributed by atoms with van der Waals surface area (Å²) in [5.74, 6) is 6.02. The van der Waals surface area contributed by atoms with Crippen molar-refractivity contribution in [3.63, 3.8) is 0 Å². The summed E-state index contributed by atoms with van der Waals surface area (Å²) in [6, 6.07) is 8.99. The number of fused-ring (bicyclic) bond motifs is 1. The number of ether oxygens (including phenoxy) is 1. The first-order chi connectivity index (χ1) is 14.5. The van der Waals surface area contributed by atoms with E-state index in [0.717, 1.165) is 0 Å². The monoisotopic (exact) mass is 411 g/mol. The van der Waals surface area contributed by atoms with Crippen molar-refractivity contribution >= 4 is 17.0 Å². The van der Waals surface area contributed by atoms with Crippen LogP contribution in [0.3, 0.4) is 0 Å². The Morgan fingerprint density at radius 1 is 1.20 bits per heavy atom. The largest absolute Gasteiger partial charge is 0.394 e. The number of aromatic nitrogens is 4. The summed E-state index contributed by atoms with van der Waals surface area (Å²) in [6.07, 6.45) is -4.03. The highest BCUT2D eigenvalue weighted by Crippen LogP contribution is 2.32. The van der Waals surface area contributed by atoms with E-state index in [1.165, 1.54) is 10.9 Å². The second-order valence-electron chi connectivity index (χ2n) is 6.78. The van der Waals surface area contributed by atoms with E-state index in [9.17, 15) is 20.4 Å². The molecule has 0 amide bonds. The van der Waals surface area contributed by atoms with Gasteiger partial charge in [0.1, 0.15) is 24.4 Å². The van der Waals surface area contributed by atoms with Gasteiger partial charge >= 0.3 is 0 Å². The number of benzene rings is 1. The quantitative estimate of drug-likeness (QED) is 0.361. The molecule has 0 saturated carbocycles. The minimum atomic E-state index is -1.28. The zero-order valence-electron chi connectivity index (χ0n) is 16.0. The summed E-state index contributed by atoms with van der Waals surface area (Å²) in [4.78, 5) is 13.0. The Labute approximate surface area is 171 Å². The van der Waals surface area contributed by atoms with Crippen molar-refractivity contribution in [2.75, 3.05) is 19.0 Å². The first kappa shape index (κ1) is 20.2. The molecule has 3 aromatic rings. The number of imidazole rings is 1. The number of anilines is 1. The van der Waals surface area contributed by atoms with Crippen LogP contribution < -0.4 is 5.32 Å². The molecule has 4 rings (SSSR count). The molecule has 156 valence electrons. The maximum Gasteiger partial charge on any atom is 0.209 e. The van der Waals surface area contributed by atoms with E-state index in [1.54, 1.807) is 31.3 Å². The number of hydrogen-bond acceptors (Lipinski definition) is 9. The predicted molar refractivity (Wildman–Crippen MR) is 106 cm³/mol. The molecule has 1 aliphatic rings. The number of nitrogens with zero attached hydrogens (tertiary/aromatic N) is 4. The number of aliphatic hydroxyl groups excluding tert-OH is 4. The fraction of sp³-hybridized carbons (Fsp3) is 0.350. The van der Waals surface area contributed by atoms with Crippen LogP contribution in [0.25, 0.3) is 11.2 Å². The maximum absolute atomic E-state index is 10.3. The highest BCUT2D eigenvalue weighted by molar-refractivity contribution is 5.83. The van der Waals surface area contributed by atoms with Crippen molar-refractivity contribution in [1.82, 2.24) is 19.5 Å². The van der Waals surface area contributed by atoms with Crippen LogP contribution in [0.15, 0.2) is 36.7 Å². The molecule has 0 aliphatic carbocycles. The van der Waals surface area contributed by atoms with Crippen LogP contribution in [0, 0.1) is 11.8 Å². The van der Waals surface area contributed by atoms with Crippen molar-refractivity contribution in [2.24, 2.45) is 0 Å². The molecule has 1 aliphatic heterocycles. The Morgan fingerprint density at radius 3 is 2.63 bits per heavy atom. The van der Waals surface area contributed by atoms with Gasteiger partial charge in [-0.15, -0.1) is 0 Å². The average Bonchev–Trinajstić information content (AvgIpc) is 3.32. The molecule has 2 aromatic heterocycles. The molecule has 10 heteroatoms. The molecule has 1 saturated heterocycles. The van der Waals surface area contributed by atoms with Gasteiger partial charge in [-0.1, -0.05) is 36.3 Å². The third-order valence-electron chi connectivity index (χ3n) is 4.89.